The summed E-state index contributed by atoms with van der Waals surface area (Å²) in [7, 11) is 0. The van der Waals surface area contributed by atoms with E-state index in [1.807, 2.05) is 0 Å². The largest absolute Gasteiger partial charge is 0.202 e. The molecule has 8 nitrogen and oxygen atoms in total. The summed E-state index contributed by atoms with van der Waals surface area (Å²) in [6.45, 7) is 28.0. The fraction of sp³-hybridized carbons (Fsp3) is 0. The summed E-state index contributed by atoms with van der Waals surface area (Å²) in [5.74, 6) is 0. The van der Waals surface area contributed by atoms with Crippen LogP contribution >= 0.6 is 0 Å². The molecule has 0 atom stereocenters. The van der Waals surface area contributed by atoms with Crippen LogP contribution < -0.4 is 0 Å². The first kappa shape index (κ1) is 102. The molecule has 17 heavy (non-hydrogen) atoms. The first-order chi connectivity index (χ1) is 8.00. The summed E-state index contributed by atoms with van der Waals surface area (Å²) >= 11 is 0. The third-order valence-corrected chi connectivity index (χ3v) is 0. The molecule has 0 unspecified atom stereocenters. The number of hydrogen-bond donors (Lipinski definition) is 0. The minimum atomic E-state index is 0. The Morgan fingerprint density at radius 2 is 0.235 bits per heavy atom. The van der Waals surface area contributed by atoms with E-state index in [9.17, 15) is 0 Å². The van der Waals surface area contributed by atoms with Crippen LogP contribution in [0.1, 0.15) is 0 Å². The Kier molecular flexibility index (Phi) is 885. The van der Waals surface area contributed by atoms with Crippen molar-refractivity contribution >= 4 is 0 Å². The zero-order valence-corrected chi connectivity index (χ0v) is 11.5. The van der Waals surface area contributed by atoms with E-state index in [2.05, 4.69) is 52.6 Å². The van der Waals surface area contributed by atoms with Gasteiger partial charge in [0, 0.05) is 73.6 Å². The van der Waals surface area contributed by atoms with Gasteiger partial charge >= 0.3 is 0 Å². The molecule has 0 amide bonds. The summed E-state index contributed by atoms with van der Waals surface area (Å²) < 4.78 is 0. The number of rotatable bonds is 0. The molecule has 0 aromatic heterocycles. The Morgan fingerprint density at radius 3 is 0.235 bits per heavy atom. The Morgan fingerprint density at radius 1 is 0.235 bits per heavy atom. The molecule has 0 saturated heterocycles. The Labute approximate surface area is 116 Å². The van der Waals surface area contributed by atoms with Gasteiger partial charge in [-0.3, -0.25) is 0 Å². The predicted molar refractivity (Wildman–Crippen MR) is 53.4 cm³/mol. The van der Waals surface area contributed by atoms with E-state index in [1.165, 1.54) is 0 Å². The van der Waals surface area contributed by atoms with Crippen molar-refractivity contribution in [1.82, 2.24) is 0 Å². The second kappa shape index (κ2) is 148. The van der Waals surface area contributed by atoms with Gasteiger partial charge in [0.25, 0.3) is 0 Å². The normalized spacial score (nSPS) is 0.941. The van der Waals surface area contributed by atoms with Gasteiger partial charge in [-0.05, 0) is 0 Å². The van der Waals surface area contributed by atoms with Crippen molar-refractivity contribution in [2.45, 2.75) is 0 Å². The van der Waals surface area contributed by atoms with Crippen molar-refractivity contribution in [1.29, 1.82) is 42.1 Å². The number of nitrogens with zero attached hydrogens (tertiary/aromatic N) is 8. The second-order valence-electron chi connectivity index (χ2n) is 0. The van der Waals surface area contributed by atoms with Gasteiger partial charge in [-0.1, -0.05) is 0 Å². The van der Waals surface area contributed by atoms with Gasteiger partial charge in [0.1, 0.15) is 0 Å². The SMILES string of the molecule is C#N.C#N.C#N.C#N.C#N.C#N.C#N.C#N.[W]. The maximum Gasteiger partial charge on any atom is 0.0462 e. The van der Waals surface area contributed by atoms with Crippen LogP contribution in [0.25, 0.3) is 0 Å². The molecule has 0 bridgehead atoms. The maximum absolute atomic E-state index is 6.50. The fourth-order valence-corrected chi connectivity index (χ4v) is 0. The minimum absolute atomic E-state index is 0. The molecule has 0 spiro atoms. The van der Waals surface area contributed by atoms with E-state index in [-0.39, 0.29) is 21.1 Å². The van der Waals surface area contributed by atoms with E-state index < -0.39 is 0 Å². The van der Waals surface area contributed by atoms with Gasteiger partial charge in [-0.15, -0.1) is 0 Å². The number of hydrogen-bond acceptors (Lipinski definition) is 8. The molecule has 0 aromatic carbocycles. The van der Waals surface area contributed by atoms with E-state index in [4.69, 9.17) is 42.1 Å². The van der Waals surface area contributed by atoms with Crippen LogP contribution in [0.5, 0.6) is 0 Å². The standard InChI is InChI=1S/8CHN.W/c8*1-2;/h8*1H;. The number of nitriles is 8. The van der Waals surface area contributed by atoms with Crippen molar-refractivity contribution in [3.8, 4) is 52.6 Å². The molecule has 0 N–H and O–H groups in total. The summed E-state index contributed by atoms with van der Waals surface area (Å²) in [5.41, 5.74) is 0. The van der Waals surface area contributed by atoms with E-state index in [1.54, 1.807) is 0 Å². The topological polar surface area (TPSA) is 190 Å². The van der Waals surface area contributed by atoms with Gasteiger partial charge in [-0.2, -0.15) is 0 Å². The summed E-state index contributed by atoms with van der Waals surface area (Å²) in [4.78, 5) is 0. The molecule has 0 fully saturated rings. The van der Waals surface area contributed by atoms with Crippen LogP contribution in [-0.4, -0.2) is 0 Å². The molecule has 9 heteroatoms. The first-order valence-corrected chi connectivity index (χ1v) is 2.07. The monoisotopic (exact) mass is 400 g/mol. The van der Waals surface area contributed by atoms with Crippen LogP contribution in [0.2, 0.25) is 0 Å². The summed E-state index contributed by atoms with van der Waals surface area (Å²) in [6.07, 6.45) is 0. The third-order valence-electron chi connectivity index (χ3n) is 0. The summed E-state index contributed by atoms with van der Waals surface area (Å²) in [6, 6.07) is 0. The molecule has 0 heterocycles. The molecule has 0 rings (SSSR count). The smallest absolute Gasteiger partial charge is 0.0462 e. The second-order valence-corrected chi connectivity index (χ2v) is 0. The Hall–Kier alpha value is -3.39. The van der Waals surface area contributed by atoms with Crippen molar-refractivity contribution < 1.29 is 21.1 Å². The molecular weight excluding hydrogens is 392 g/mol. The van der Waals surface area contributed by atoms with Gasteiger partial charge in [0.15, 0.2) is 0 Å². The molecule has 0 aliphatic carbocycles. The van der Waals surface area contributed by atoms with Gasteiger partial charge in [0.05, 0.1) is 0 Å². The van der Waals surface area contributed by atoms with Crippen LogP contribution in [0, 0.1) is 94.7 Å². The van der Waals surface area contributed by atoms with E-state index >= 15 is 0 Å². The molecule has 0 radical (unpaired) electrons. The predicted octanol–water partition coefficient (Wildman–Crippen LogP) is 1.12. The third kappa shape index (κ3) is 123. The average molecular weight is 400 g/mol. The quantitative estimate of drug-likeness (QED) is 0.577. The molecule has 0 saturated carbocycles. The minimum Gasteiger partial charge on any atom is -0.202 e. The van der Waals surface area contributed by atoms with Crippen molar-refractivity contribution in [3.05, 3.63) is 0 Å². The van der Waals surface area contributed by atoms with E-state index in [0.717, 1.165) is 0 Å². The van der Waals surface area contributed by atoms with Crippen molar-refractivity contribution in [2.24, 2.45) is 0 Å². The van der Waals surface area contributed by atoms with Crippen LogP contribution in [-0.2, 0) is 21.1 Å². The van der Waals surface area contributed by atoms with Crippen LogP contribution in [0.15, 0.2) is 0 Å². The molecule has 0 aliphatic heterocycles. The van der Waals surface area contributed by atoms with Gasteiger partial charge in [0.2, 0.25) is 0 Å². The maximum atomic E-state index is 6.50. The molecule has 86 valence electrons. The molecule has 0 aromatic rings. The van der Waals surface area contributed by atoms with Crippen LogP contribution in [0.4, 0.5) is 0 Å². The zero-order valence-electron chi connectivity index (χ0n) is 8.60. The zero-order chi connectivity index (χ0) is 16.0. The average Bonchev–Trinajstić information content (AvgIpc) is 2.54. The van der Waals surface area contributed by atoms with Gasteiger partial charge in [-0.25, -0.2) is 42.1 Å². The van der Waals surface area contributed by atoms with Crippen molar-refractivity contribution in [2.75, 3.05) is 0 Å². The van der Waals surface area contributed by atoms with Crippen molar-refractivity contribution in [3.63, 3.8) is 0 Å². The molecule has 0 aliphatic rings. The van der Waals surface area contributed by atoms with Crippen LogP contribution in [0.3, 0.4) is 0 Å². The molecular formula is C8H8N8W. The van der Waals surface area contributed by atoms with E-state index in [0.29, 0.717) is 0 Å². The van der Waals surface area contributed by atoms with Gasteiger partial charge < -0.3 is 0 Å². The Balaban J connectivity index is -0.00000000610. The first-order valence-electron chi connectivity index (χ1n) is 2.07. The fourth-order valence-electron chi connectivity index (χ4n) is 0. The Bertz CT molecular complexity index is 132. The summed E-state index contributed by atoms with van der Waals surface area (Å²) in [5, 5.41) is 52.0.